The minimum absolute atomic E-state index is 0.0763. The predicted molar refractivity (Wildman–Crippen MR) is 159 cm³/mol. The minimum Gasteiger partial charge on any atom is -0.379 e. The summed E-state index contributed by atoms with van der Waals surface area (Å²) < 4.78 is 18.8. The Hall–Kier alpha value is -2.05. The number of nitrogens with one attached hydrogen (secondary N) is 1. The number of aromatic nitrogens is 1. The lowest BCUT2D eigenvalue weighted by molar-refractivity contribution is -0.136. The van der Waals surface area contributed by atoms with Crippen LogP contribution in [-0.4, -0.2) is 55.2 Å². The molecular formula is C35H46N2O3. The summed E-state index contributed by atoms with van der Waals surface area (Å²) in [5.41, 5.74) is 4.60. The molecule has 0 amide bonds. The second-order valence-corrected chi connectivity index (χ2v) is 13.3. The van der Waals surface area contributed by atoms with Gasteiger partial charge in [-0.2, -0.15) is 0 Å². The van der Waals surface area contributed by atoms with E-state index in [1.807, 2.05) is 12.4 Å². The molecule has 40 heavy (non-hydrogen) atoms. The fourth-order valence-electron chi connectivity index (χ4n) is 9.25. The highest BCUT2D eigenvalue weighted by Gasteiger charge is 2.66. The van der Waals surface area contributed by atoms with Gasteiger partial charge >= 0.3 is 0 Å². The summed E-state index contributed by atoms with van der Waals surface area (Å²) in [5.74, 6) is 1.14. The average Bonchev–Trinajstić information content (AvgIpc) is 3.49. The molecule has 1 N–H and O–H groups in total. The second kappa shape index (κ2) is 10.7. The van der Waals surface area contributed by atoms with Crippen molar-refractivity contribution in [3.63, 3.8) is 0 Å². The summed E-state index contributed by atoms with van der Waals surface area (Å²) >= 11 is 0. The van der Waals surface area contributed by atoms with E-state index in [1.54, 1.807) is 5.57 Å². The number of pyridine rings is 1. The first-order valence-corrected chi connectivity index (χ1v) is 15.9. The van der Waals surface area contributed by atoms with Crippen molar-refractivity contribution >= 4 is 10.8 Å². The lowest BCUT2D eigenvalue weighted by atomic mass is 9.58. The Bertz CT molecular complexity index is 1300. The number of ether oxygens (including phenoxy) is 3. The van der Waals surface area contributed by atoms with Crippen LogP contribution in [0.3, 0.4) is 0 Å². The van der Waals surface area contributed by atoms with Crippen molar-refractivity contribution in [2.45, 2.75) is 94.8 Å². The Morgan fingerprint density at radius 1 is 1.02 bits per heavy atom. The van der Waals surface area contributed by atoms with Crippen molar-refractivity contribution < 1.29 is 14.2 Å². The molecule has 0 unspecified atom stereocenters. The summed E-state index contributed by atoms with van der Waals surface area (Å²) in [6, 6.07) is 9.70. The fourth-order valence-corrected chi connectivity index (χ4v) is 9.25. The van der Waals surface area contributed by atoms with Crippen molar-refractivity contribution in [2.24, 2.45) is 11.3 Å². The molecule has 214 valence electrons. The van der Waals surface area contributed by atoms with Gasteiger partial charge in [0.25, 0.3) is 0 Å². The number of benzene rings is 1. The quantitative estimate of drug-likeness (QED) is 0.332. The van der Waals surface area contributed by atoms with Gasteiger partial charge in [-0.05, 0) is 109 Å². The Labute approximate surface area is 239 Å². The van der Waals surface area contributed by atoms with Gasteiger partial charge in [0.05, 0.1) is 31.0 Å². The van der Waals surface area contributed by atoms with Gasteiger partial charge < -0.3 is 19.5 Å². The van der Waals surface area contributed by atoms with Gasteiger partial charge in [-0.1, -0.05) is 38.1 Å². The first kappa shape index (κ1) is 26.8. The van der Waals surface area contributed by atoms with Gasteiger partial charge in [0, 0.05) is 37.0 Å². The van der Waals surface area contributed by atoms with Crippen LogP contribution in [-0.2, 0) is 14.2 Å². The van der Waals surface area contributed by atoms with E-state index in [4.69, 9.17) is 14.2 Å². The van der Waals surface area contributed by atoms with Crippen LogP contribution in [0.1, 0.15) is 83.1 Å². The van der Waals surface area contributed by atoms with Gasteiger partial charge in [-0.25, -0.2) is 0 Å². The maximum atomic E-state index is 7.49. The molecule has 3 aliphatic carbocycles. The molecule has 1 saturated heterocycles. The highest BCUT2D eigenvalue weighted by Crippen LogP contribution is 2.69. The van der Waals surface area contributed by atoms with Crippen LogP contribution in [0.25, 0.3) is 10.8 Å². The Balaban J connectivity index is 1.05. The smallest absolute Gasteiger partial charge is 0.0974 e. The molecule has 7 rings (SSSR count). The largest absolute Gasteiger partial charge is 0.379 e. The lowest BCUT2D eigenvalue weighted by Crippen LogP contribution is -2.55. The van der Waals surface area contributed by atoms with Crippen LogP contribution < -0.4 is 5.32 Å². The van der Waals surface area contributed by atoms with E-state index in [1.165, 1.54) is 54.0 Å². The van der Waals surface area contributed by atoms with Crippen molar-refractivity contribution in [2.75, 3.05) is 33.0 Å². The van der Waals surface area contributed by atoms with Crippen molar-refractivity contribution in [1.82, 2.24) is 10.3 Å². The predicted octanol–water partition coefficient (Wildman–Crippen LogP) is 6.88. The third-order valence-corrected chi connectivity index (χ3v) is 11.1. The lowest BCUT2D eigenvalue weighted by Gasteiger charge is -2.54. The van der Waals surface area contributed by atoms with E-state index in [9.17, 15) is 0 Å². The number of fused-ring (bicyclic) bond motifs is 2. The maximum Gasteiger partial charge on any atom is 0.0974 e. The normalized spacial score (nSPS) is 36.1. The molecule has 1 aromatic carbocycles. The SMILES string of the molecule is CCCOCCOCCN[C@@H]1CCC2=CC3=CC[C@]4(C)[C@@H](c5ccc6ccncc6c5)CC[C@H]4[C@@]34CC[C@]2(C1)O4. The number of allylic oxidation sites excluding steroid dienone is 1. The Kier molecular flexibility index (Phi) is 7.14. The van der Waals surface area contributed by atoms with Crippen LogP contribution in [0.15, 0.2) is 60.0 Å². The van der Waals surface area contributed by atoms with Gasteiger partial charge in [0.1, 0.15) is 0 Å². The van der Waals surface area contributed by atoms with Crippen LogP contribution in [0.2, 0.25) is 0 Å². The molecule has 2 saturated carbocycles. The maximum absolute atomic E-state index is 7.49. The molecule has 2 spiro atoms. The number of rotatable bonds is 10. The Morgan fingerprint density at radius 2 is 1.93 bits per heavy atom. The van der Waals surface area contributed by atoms with Gasteiger partial charge in [-0.15, -0.1) is 0 Å². The number of nitrogens with zero attached hydrogens (tertiary/aromatic N) is 1. The fraction of sp³-hybridized carbons (Fsp3) is 0.629. The number of hydrogen-bond donors (Lipinski definition) is 1. The number of hydrogen-bond acceptors (Lipinski definition) is 5. The zero-order chi connectivity index (χ0) is 27.2. The molecule has 3 fully saturated rings. The van der Waals surface area contributed by atoms with E-state index in [0.29, 0.717) is 31.1 Å². The molecule has 5 aliphatic rings. The second-order valence-electron chi connectivity index (χ2n) is 13.3. The summed E-state index contributed by atoms with van der Waals surface area (Å²) in [4.78, 5) is 4.40. The van der Waals surface area contributed by atoms with E-state index in [0.717, 1.165) is 45.4 Å². The summed E-state index contributed by atoms with van der Waals surface area (Å²) in [5, 5.41) is 6.35. The molecule has 3 heterocycles. The van der Waals surface area contributed by atoms with Gasteiger partial charge in [0.15, 0.2) is 0 Å². The molecule has 5 nitrogen and oxygen atoms in total. The molecule has 6 atom stereocenters. The summed E-state index contributed by atoms with van der Waals surface area (Å²) in [7, 11) is 0. The van der Waals surface area contributed by atoms with E-state index in [2.05, 4.69) is 60.6 Å². The monoisotopic (exact) mass is 542 g/mol. The van der Waals surface area contributed by atoms with Gasteiger partial charge in [-0.3, -0.25) is 4.98 Å². The van der Waals surface area contributed by atoms with Crippen LogP contribution in [0.4, 0.5) is 0 Å². The summed E-state index contributed by atoms with van der Waals surface area (Å²) in [6.07, 6.45) is 19.6. The highest BCUT2D eigenvalue weighted by atomic mass is 16.5. The first-order chi connectivity index (χ1) is 19.6. The molecule has 1 aromatic heterocycles. The topological polar surface area (TPSA) is 52.6 Å². The molecule has 5 heteroatoms. The van der Waals surface area contributed by atoms with E-state index < -0.39 is 0 Å². The molecule has 0 radical (unpaired) electrons. The highest BCUT2D eigenvalue weighted by molar-refractivity contribution is 5.82. The first-order valence-electron chi connectivity index (χ1n) is 15.9. The van der Waals surface area contributed by atoms with Crippen LogP contribution >= 0.6 is 0 Å². The molecule has 2 aromatic rings. The van der Waals surface area contributed by atoms with Crippen molar-refractivity contribution in [3.8, 4) is 0 Å². The molecule has 2 bridgehead atoms. The average molecular weight is 543 g/mol. The van der Waals surface area contributed by atoms with Crippen molar-refractivity contribution in [3.05, 3.63) is 65.5 Å². The van der Waals surface area contributed by atoms with Gasteiger partial charge in [0.2, 0.25) is 0 Å². The van der Waals surface area contributed by atoms with Crippen LogP contribution in [0.5, 0.6) is 0 Å². The third-order valence-electron chi connectivity index (χ3n) is 11.1. The summed E-state index contributed by atoms with van der Waals surface area (Å²) in [6.45, 7) is 8.54. The van der Waals surface area contributed by atoms with Crippen molar-refractivity contribution in [1.29, 1.82) is 0 Å². The van der Waals surface area contributed by atoms with E-state index >= 15 is 0 Å². The zero-order valence-corrected chi connectivity index (χ0v) is 24.4. The Morgan fingerprint density at radius 3 is 2.83 bits per heavy atom. The third kappa shape index (κ3) is 4.40. The standard InChI is InChI=1S/C35H46N2O3/c1-3-17-38-19-20-39-18-16-37-30-7-6-28-22-29-10-12-33(2)31(26-5-4-25-11-15-36-24-27(25)21-26)8-9-32(33)35(29)14-13-34(28,23-30)40-35/h4-5,10-11,15,21-22,24,30-32,37H,3,6-9,12-14,16-20,23H2,1-2H3/t30-,31-,32-,33-,34-,35-/m1/s1. The van der Waals surface area contributed by atoms with E-state index in [-0.39, 0.29) is 16.6 Å². The van der Waals surface area contributed by atoms with Crippen LogP contribution in [0, 0.1) is 11.3 Å². The minimum atomic E-state index is -0.104. The molecule has 2 aliphatic heterocycles. The molecular weight excluding hydrogens is 496 g/mol. The zero-order valence-electron chi connectivity index (χ0n) is 24.4.